The van der Waals surface area contributed by atoms with E-state index in [-0.39, 0.29) is 0 Å². The van der Waals surface area contributed by atoms with Gasteiger partial charge in [0.1, 0.15) is 10.6 Å². The number of nitrogens with zero attached hydrogens (tertiary/aromatic N) is 1. The second-order valence-corrected chi connectivity index (χ2v) is 7.59. The number of anilines is 1. The fraction of sp³-hybridized carbons (Fsp3) is 0.188. The molecule has 0 spiro atoms. The Kier molecular flexibility index (Phi) is 4.84. The third kappa shape index (κ3) is 3.49. The number of methoxy groups -OCH3 is 1. The number of ether oxygens (including phenoxy) is 1. The van der Waals surface area contributed by atoms with Crippen LogP contribution in [0.25, 0.3) is 10.2 Å². The normalized spacial score (nSPS) is 12.3. The molecule has 120 valence electrons. The maximum absolute atomic E-state index is 12.7. The SMILES string of the molecule is COc1ccc(CCl)cc1S(=O)Nc1ccc2sc(C)nc2c1. The van der Waals surface area contributed by atoms with Gasteiger partial charge < -0.3 is 9.46 Å². The standard InChI is InChI=1S/C16H15ClN2O2S2/c1-10-18-13-8-12(4-6-15(13)22-10)19-23(20)16-7-11(9-17)3-5-14(16)21-2/h3-8,19H,9H2,1-2H3. The van der Waals surface area contributed by atoms with Gasteiger partial charge in [-0.2, -0.15) is 0 Å². The molecule has 1 unspecified atom stereocenters. The van der Waals surface area contributed by atoms with Gasteiger partial charge in [0, 0.05) is 11.6 Å². The predicted octanol–water partition coefficient (Wildman–Crippen LogP) is 4.49. The van der Waals surface area contributed by atoms with Crippen LogP contribution in [0.3, 0.4) is 0 Å². The number of fused-ring (bicyclic) bond motifs is 1. The first-order chi connectivity index (χ1) is 11.1. The van der Waals surface area contributed by atoms with Crippen molar-refractivity contribution in [1.82, 2.24) is 4.98 Å². The molecule has 1 atom stereocenters. The minimum absolute atomic E-state index is 0.359. The summed E-state index contributed by atoms with van der Waals surface area (Å²) >= 11 is 7.50. The van der Waals surface area contributed by atoms with Gasteiger partial charge in [-0.05, 0) is 42.8 Å². The van der Waals surface area contributed by atoms with E-state index in [9.17, 15) is 4.21 Å². The van der Waals surface area contributed by atoms with E-state index in [1.807, 2.05) is 31.2 Å². The molecule has 1 heterocycles. The summed E-state index contributed by atoms with van der Waals surface area (Å²) in [7, 11) is 0.104. The van der Waals surface area contributed by atoms with Crippen molar-refractivity contribution < 1.29 is 8.95 Å². The van der Waals surface area contributed by atoms with Gasteiger partial charge in [0.05, 0.1) is 22.3 Å². The van der Waals surface area contributed by atoms with Crippen molar-refractivity contribution in [3.05, 3.63) is 47.0 Å². The Morgan fingerprint density at radius 3 is 2.87 bits per heavy atom. The fourth-order valence-electron chi connectivity index (χ4n) is 2.22. The molecule has 2 aromatic carbocycles. The van der Waals surface area contributed by atoms with Crippen LogP contribution >= 0.6 is 22.9 Å². The zero-order valence-electron chi connectivity index (χ0n) is 12.6. The summed E-state index contributed by atoms with van der Waals surface area (Å²) in [4.78, 5) is 5.02. The third-order valence-corrected chi connectivity index (χ3v) is 5.69. The van der Waals surface area contributed by atoms with E-state index in [4.69, 9.17) is 16.3 Å². The topological polar surface area (TPSA) is 51.2 Å². The van der Waals surface area contributed by atoms with E-state index in [1.165, 1.54) is 0 Å². The van der Waals surface area contributed by atoms with Crippen LogP contribution in [0.15, 0.2) is 41.3 Å². The first-order valence-electron chi connectivity index (χ1n) is 6.89. The Morgan fingerprint density at radius 1 is 1.30 bits per heavy atom. The molecule has 4 nitrogen and oxygen atoms in total. The number of aryl methyl sites for hydroxylation is 1. The number of hydrogen-bond acceptors (Lipinski definition) is 4. The zero-order chi connectivity index (χ0) is 16.4. The van der Waals surface area contributed by atoms with Gasteiger partial charge in [-0.3, -0.25) is 0 Å². The highest BCUT2D eigenvalue weighted by molar-refractivity contribution is 7.86. The lowest BCUT2D eigenvalue weighted by Gasteiger charge is -2.11. The van der Waals surface area contributed by atoms with Crippen molar-refractivity contribution >= 4 is 49.8 Å². The van der Waals surface area contributed by atoms with Crippen LogP contribution in [0.4, 0.5) is 5.69 Å². The van der Waals surface area contributed by atoms with Crippen LogP contribution in [-0.2, 0) is 16.9 Å². The molecule has 0 aliphatic heterocycles. The highest BCUT2D eigenvalue weighted by Crippen LogP contribution is 2.28. The number of nitrogens with one attached hydrogen (secondary N) is 1. The fourth-order valence-corrected chi connectivity index (χ4v) is 4.23. The van der Waals surface area contributed by atoms with Crippen LogP contribution in [0.5, 0.6) is 5.75 Å². The smallest absolute Gasteiger partial charge is 0.154 e. The van der Waals surface area contributed by atoms with Crippen molar-refractivity contribution in [2.45, 2.75) is 17.7 Å². The molecule has 0 amide bonds. The highest BCUT2D eigenvalue weighted by Gasteiger charge is 2.13. The van der Waals surface area contributed by atoms with Gasteiger partial charge in [-0.25, -0.2) is 9.19 Å². The molecule has 1 N–H and O–H groups in total. The van der Waals surface area contributed by atoms with Crippen LogP contribution in [-0.4, -0.2) is 16.3 Å². The molecule has 7 heteroatoms. The molecule has 0 aliphatic rings. The molecule has 3 aromatic rings. The van der Waals surface area contributed by atoms with Gasteiger partial charge in [-0.1, -0.05) is 6.07 Å². The molecule has 0 aliphatic carbocycles. The van der Waals surface area contributed by atoms with Gasteiger partial charge >= 0.3 is 0 Å². The van der Waals surface area contributed by atoms with E-state index in [1.54, 1.807) is 30.6 Å². The van der Waals surface area contributed by atoms with E-state index >= 15 is 0 Å². The Balaban J connectivity index is 1.90. The number of rotatable bonds is 5. The molecule has 0 fully saturated rings. The Hall–Kier alpha value is -1.63. The summed E-state index contributed by atoms with van der Waals surface area (Å²) in [5.74, 6) is 0.924. The average molecular weight is 367 g/mol. The largest absolute Gasteiger partial charge is 0.495 e. The molecule has 0 radical (unpaired) electrons. The molecular weight excluding hydrogens is 352 g/mol. The lowest BCUT2D eigenvalue weighted by Crippen LogP contribution is -2.07. The van der Waals surface area contributed by atoms with Crippen molar-refractivity contribution in [2.75, 3.05) is 11.8 Å². The summed E-state index contributed by atoms with van der Waals surface area (Å²) in [6, 6.07) is 11.2. The maximum Gasteiger partial charge on any atom is 0.154 e. The van der Waals surface area contributed by atoms with Crippen LogP contribution < -0.4 is 9.46 Å². The maximum atomic E-state index is 12.7. The molecule has 3 rings (SSSR count). The molecule has 0 saturated carbocycles. The van der Waals surface area contributed by atoms with Crippen LogP contribution in [0, 0.1) is 6.92 Å². The van der Waals surface area contributed by atoms with E-state index < -0.39 is 11.0 Å². The highest BCUT2D eigenvalue weighted by atomic mass is 35.5. The third-order valence-electron chi connectivity index (χ3n) is 3.29. The average Bonchev–Trinajstić information content (AvgIpc) is 2.93. The van der Waals surface area contributed by atoms with E-state index in [0.29, 0.717) is 16.5 Å². The molecule has 23 heavy (non-hydrogen) atoms. The second kappa shape index (κ2) is 6.86. The van der Waals surface area contributed by atoms with Crippen molar-refractivity contribution in [3.8, 4) is 5.75 Å². The molecule has 1 aromatic heterocycles. The van der Waals surface area contributed by atoms with Gasteiger partial charge in [0.2, 0.25) is 0 Å². The van der Waals surface area contributed by atoms with Gasteiger partial charge in [0.15, 0.2) is 11.0 Å². The quantitative estimate of drug-likeness (QED) is 0.677. The zero-order valence-corrected chi connectivity index (χ0v) is 15.0. The van der Waals surface area contributed by atoms with Gasteiger partial charge in [0.25, 0.3) is 0 Å². The van der Waals surface area contributed by atoms with Crippen molar-refractivity contribution in [3.63, 3.8) is 0 Å². The Bertz CT molecular complexity index is 880. The number of hydrogen-bond donors (Lipinski definition) is 1. The predicted molar refractivity (Wildman–Crippen MR) is 96.9 cm³/mol. The van der Waals surface area contributed by atoms with E-state index in [0.717, 1.165) is 26.5 Å². The molecular formula is C16H15ClN2O2S2. The van der Waals surface area contributed by atoms with E-state index in [2.05, 4.69) is 9.71 Å². The Labute approximate surface area is 146 Å². The van der Waals surface area contributed by atoms with Crippen LogP contribution in [0.1, 0.15) is 10.6 Å². The summed E-state index contributed by atoms with van der Waals surface area (Å²) in [5, 5.41) is 1.01. The van der Waals surface area contributed by atoms with Gasteiger partial charge in [-0.15, -0.1) is 22.9 Å². The van der Waals surface area contributed by atoms with Crippen molar-refractivity contribution in [2.24, 2.45) is 0 Å². The summed E-state index contributed by atoms with van der Waals surface area (Å²) in [5.41, 5.74) is 2.54. The summed E-state index contributed by atoms with van der Waals surface area (Å²) in [6.07, 6.45) is 0. The molecule has 0 saturated heterocycles. The minimum Gasteiger partial charge on any atom is -0.495 e. The first kappa shape index (κ1) is 16.2. The first-order valence-corrected chi connectivity index (χ1v) is 9.39. The summed E-state index contributed by atoms with van der Waals surface area (Å²) < 4.78 is 22.1. The number of halogens is 1. The van der Waals surface area contributed by atoms with Crippen molar-refractivity contribution in [1.29, 1.82) is 0 Å². The minimum atomic E-state index is -1.45. The number of thiazole rings is 1. The second-order valence-electron chi connectivity index (χ2n) is 4.91. The lowest BCUT2D eigenvalue weighted by molar-refractivity contribution is 0.404. The molecule has 0 bridgehead atoms. The lowest BCUT2D eigenvalue weighted by atomic mass is 10.2. The number of benzene rings is 2. The Morgan fingerprint density at radius 2 is 2.13 bits per heavy atom. The number of aromatic nitrogens is 1. The monoisotopic (exact) mass is 366 g/mol. The van der Waals surface area contributed by atoms with Crippen LogP contribution in [0.2, 0.25) is 0 Å². The number of alkyl halides is 1. The summed E-state index contributed by atoms with van der Waals surface area (Å²) in [6.45, 7) is 1.97.